The number of halogens is 1. The summed E-state index contributed by atoms with van der Waals surface area (Å²) in [5.74, 6) is -0.889. The Morgan fingerprint density at radius 1 is 1.16 bits per heavy atom. The fourth-order valence-electron chi connectivity index (χ4n) is 3.69. The molecule has 0 aliphatic carbocycles. The lowest BCUT2D eigenvalue weighted by Gasteiger charge is -2.46. The molecule has 1 atom stereocenters. The van der Waals surface area contributed by atoms with E-state index in [1.54, 1.807) is 37.3 Å². The minimum Gasteiger partial charge on any atom is -0.350 e. The van der Waals surface area contributed by atoms with Crippen LogP contribution in [0.2, 0.25) is 5.02 Å². The smallest absolute Gasteiger partial charge is 0.247 e. The monoisotopic (exact) mass is 463 g/mol. The average molecular weight is 464 g/mol. The first kappa shape index (κ1) is 23.2. The number of anilines is 1. The van der Waals surface area contributed by atoms with Crippen LogP contribution in [-0.2, 0) is 32.6 Å². The average Bonchev–Trinajstić information content (AvgIpc) is 2.72. The Hall–Kier alpha value is -2.42. The molecule has 1 N–H and O–H groups in total. The van der Waals surface area contributed by atoms with Crippen molar-refractivity contribution in [1.82, 2.24) is 9.62 Å². The highest BCUT2D eigenvalue weighted by Gasteiger charge is 2.50. The van der Waals surface area contributed by atoms with E-state index >= 15 is 0 Å². The molecule has 0 saturated carbocycles. The highest BCUT2D eigenvalue weighted by atomic mass is 35.5. The van der Waals surface area contributed by atoms with Crippen molar-refractivity contribution in [3.63, 3.8) is 0 Å². The number of rotatable bonds is 6. The Balaban J connectivity index is 1.96. The van der Waals surface area contributed by atoms with E-state index < -0.39 is 27.4 Å². The predicted molar refractivity (Wildman–Crippen MR) is 121 cm³/mol. The highest BCUT2D eigenvalue weighted by Crippen LogP contribution is 2.31. The molecule has 9 heteroatoms. The number of hydrogen-bond donors (Lipinski definition) is 1. The first-order valence-corrected chi connectivity index (χ1v) is 12.2. The van der Waals surface area contributed by atoms with Crippen LogP contribution in [0, 0.1) is 0 Å². The zero-order chi connectivity index (χ0) is 22.8. The largest absolute Gasteiger partial charge is 0.350 e. The van der Waals surface area contributed by atoms with Crippen LogP contribution in [0.25, 0.3) is 0 Å². The van der Waals surface area contributed by atoms with Gasteiger partial charge in [0.15, 0.2) is 0 Å². The van der Waals surface area contributed by atoms with Gasteiger partial charge >= 0.3 is 0 Å². The van der Waals surface area contributed by atoms with Gasteiger partial charge in [-0.05, 0) is 48.7 Å². The lowest BCUT2D eigenvalue weighted by molar-refractivity contribution is -0.133. The van der Waals surface area contributed by atoms with Gasteiger partial charge < -0.3 is 5.32 Å². The van der Waals surface area contributed by atoms with Crippen molar-refractivity contribution in [3.05, 3.63) is 64.7 Å². The SMILES string of the molecule is CCc1cccc(N2C(=O)CN(S(C)(=O)=O)C[C@@]2(C)C(=O)NCc2ccc(Cl)cc2)c1. The molecule has 0 unspecified atom stereocenters. The topological polar surface area (TPSA) is 86.8 Å². The van der Waals surface area contributed by atoms with Crippen LogP contribution in [0.1, 0.15) is 25.0 Å². The summed E-state index contributed by atoms with van der Waals surface area (Å²) in [5.41, 5.74) is 1.00. The normalized spacial score (nSPS) is 20.0. The van der Waals surface area contributed by atoms with Gasteiger partial charge in [-0.15, -0.1) is 0 Å². The lowest BCUT2D eigenvalue weighted by Crippen LogP contribution is -2.70. The standard InChI is InChI=1S/C22H26ClN3O4S/c1-4-16-6-5-7-19(12-16)26-20(27)14-25(31(3,29)30)15-22(26,2)21(28)24-13-17-8-10-18(23)11-9-17/h5-12H,4,13-15H2,1-3H3,(H,24,28)/t22-/m0/s1. The van der Waals surface area contributed by atoms with Crippen molar-refractivity contribution in [1.29, 1.82) is 0 Å². The summed E-state index contributed by atoms with van der Waals surface area (Å²) in [6, 6.07) is 14.4. The van der Waals surface area contributed by atoms with Gasteiger partial charge in [-0.1, -0.05) is 42.8 Å². The van der Waals surface area contributed by atoms with Crippen molar-refractivity contribution >= 4 is 39.1 Å². The summed E-state index contributed by atoms with van der Waals surface area (Å²) < 4.78 is 25.5. The van der Waals surface area contributed by atoms with Crippen LogP contribution >= 0.6 is 11.6 Å². The zero-order valence-corrected chi connectivity index (χ0v) is 19.3. The summed E-state index contributed by atoms with van der Waals surface area (Å²) in [4.78, 5) is 27.9. The molecule has 0 bridgehead atoms. The summed E-state index contributed by atoms with van der Waals surface area (Å²) in [6.07, 6.45) is 1.81. The van der Waals surface area contributed by atoms with Gasteiger partial charge in [0.05, 0.1) is 12.8 Å². The van der Waals surface area contributed by atoms with E-state index in [0.717, 1.165) is 28.1 Å². The number of nitrogens with one attached hydrogen (secondary N) is 1. The molecular weight excluding hydrogens is 438 g/mol. The molecule has 2 aromatic carbocycles. The molecule has 1 saturated heterocycles. The molecule has 31 heavy (non-hydrogen) atoms. The lowest BCUT2D eigenvalue weighted by atomic mass is 9.94. The molecule has 166 valence electrons. The van der Waals surface area contributed by atoms with Gasteiger partial charge in [0.2, 0.25) is 21.8 Å². The number of nitrogens with zero attached hydrogens (tertiary/aromatic N) is 2. The number of piperazine rings is 1. The van der Waals surface area contributed by atoms with Gasteiger partial charge in [0, 0.05) is 23.8 Å². The number of sulfonamides is 1. The molecule has 0 aromatic heterocycles. The molecule has 2 amide bonds. The zero-order valence-electron chi connectivity index (χ0n) is 17.8. The van der Waals surface area contributed by atoms with Crippen molar-refractivity contribution in [3.8, 4) is 0 Å². The molecular formula is C22H26ClN3O4S. The fourth-order valence-corrected chi connectivity index (χ4v) is 4.65. The predicted octanol–water partition coefficient (Wildman–Crippen LogP) is 2.59. The highest BCUT2D eigenvalue weighted by molar-refractivity contribution is 7.88. The fraction of sp³-hybridized carbons (Fsp3) is 0.364. The molecule has 0 radical (unpaired) electrons. The molecule has 1 heterocycles. The summed E-state index contributed by atoms with van der Waals surface area (Å²) in [7, 11) is -3.66. The van der Waals surface area contributed by atoms with E-state index in [0.29, 0.717) is 10.7 Å². The van der Waals surface area contributed by atoms with Gasteiger partial charge in [-0.2, -0.15) is 4.31 Å². The Morgan fingerprint density at radius 2 is 1.84 bits per heavy atom. The van der Waals surface area contributed by atoms with Crippen molar-refractivity contribution in [2.24, 2.45) is 0 Å². The van der Waals surface area contributed by atoms with Gasteiger partial charge in [-0.3, -0.25) is 14.5 Å². The summed E-state index contributed by atoms with van der Waals surface area (Å²) in [6.45, 7) is 3.37. The molecule has 1 aliphatic heterocycles. The van der Waals surface area contributed by atoms with Gasteiger partial charge in [0.25, 0.3) is 0 Å². The number of carbonyl (C=O) groups excluding carboxylic acids is 2. The molecule has 3 rings (SSSR count). The quantitative estimate of drug-likeness (QED) is 0.713. The third kappa shape index (κ3) is 5.08. The van der Waals surface area contributed by atoms with E-state index in [9.17, 15) is 18.0 Å². The first-order chi connectivity index (χ1) is 14.5. The van der Waals surface area contributed by atoms with E-state index in [2.05, 4.69) is 5.32 Å². The van der Waals surface area contributed by atoms with Crippen molar-refractivity contribution in [2.45, 2.75) is 32.4 Å². The van der Waals surface area contributed by atoms with Gasteiger partial charge in [-0.25, -0.2) is 8.42 Å². The first-order valence-electron chi connectivity index (χ1n) is 9.94. The van der Waals surface area contributed by atoms with E-state index in [4.69, 9.17) is 11.6 Å². The maximum atomic E-state index is 13.4. The third-order valence-corrected chi connectivity index (χ3v) is 6.89. The third-order valence-electron chi connectivity index (χ3n) is 5.44. The van der Waals surface area contributed by atoms with Crippen LogP contribution in [0.3, 0.4) is 0 Å². The minimum absolute atomic E-state index is 0.139. The second-order valence-corrected chi connectivity index (χ2v) is 10.3. The molecule has 1 fully saturated rings. The Bertz CT molecular complexity index is 1090. The number of benzene rings is 2. The molecule has 7 nitrogen and oxygen atoms in total. The molecule has 1 aliphatic rings. The number of amides is 2. The van der Waals surface area contributed by atoms with Crippen LogP contribution in [0.15, 0.2) is 48.5 Å². The van der Waals surface area contributed by atoms with Crippen molar-refractivity contribution in [2.75, 3.05) is 24.2 Å². The second-order valence-electron chi connectivity index (χ2n) is 7.87. The van der Waals surface area contributed by atoms with E-state index in [1.165, 1.54) is 4.90 Å². The number of aryl methyl sites for hydroxylation is 1. The van der Waals surface area contributed by atoms with E-state index in [1.807, 2.05) is 25.1 Å². The molecule has 2 aromatic rings. The van der Waals surface area contributed by atoms with Crippen LogP contribution in [-0.4, -0.2) is 49.4 Å². The van der Waals surface area contributed by atoms with Crippen LogP contribution in [0.5, 0.6) is 0 Å². The summed E-state index contributed by atoms with van der Waals surface area (Å²) >= 11 is 5.91. The number of hydrogen-bond acceptors (Lipinski definition) is 4. The molecule has 0 spiro atoms. The van der Waals surface area contributed by atoms with Crippen LogP contribution in [0.4, 0.5) is 5.69 Å². The Morgan fingerprint density at radius 3 is 2.45 bits per heavy atom. The maximum Gasteiger partial charge on any atom is 0.247 e. The van der Waals surface area contributed by atoms with Crippen LogP contribution < -0.4 is 10.2 Å². The van der Waals surface area contributed by atoms with Gasteiger partial charge in [0.1, 0.15) is 5.54 Å². The van der Waals surface area contributed by atoms with Crippen molar-refractivity contribution < 1.29 is 18.0 Å². The second kappa shape index (κ2) is 8.98. The summed E-state index contributed by atoms with van der Waals surface area (Å²) in [5, 5.41) is 3.44. The number of carbonyl (C=O) groups is 2. The maximum absolute atomic E-state index is 13.4. The van der Waals surface area contributed by atoms with E-state index in [-0.39, 0.29) is 19.6 Å². The minimum atomic E-state index is -3.66. The Kier molecular flexibility index (Phi) is 6.73. The Labute approximate surface area is 188 Å².